The molecule has 113 heavy (non-hydrogen) atoms. The van der Waals surface area contributed by atoms with Crippen molar-refractivity contribution >= 4 is 70.5 Å². The number of carboxylic acid groups (broad SMARTS) is 1. The molecule has 12 rings (SSSR count). The molecular formula is C78H100Cl2N10O23. The summed E-state index contributed by atoms with van der Waals surface area (Å²) in [4.78, 5) is 118. The van der Waals surface area contributed by atoms with Gasteiger partial charge in [0.15, 0.2) is 17.5 Å². The van der Waals surface area contributed by atoms with Crippen LogP contribution in [0.5, 0.6) is 46.0 Å². The van der Waals surface area contributed by atoms with E-state index in [1.165, 1.54) is 63.4 Å². The molecule has 0 radical (unpaired) electrons. The standard InChI is InChI=1S/C78H100Cl2N10O23/c1-7-8-9-10-11-12-13-14-21-83-22-23-84-78(5)33-54(109-36(4)69(78)100)58-67(99)66(98)55(34-91)112-77(58)113-68-52-28-40-29-53(68)111-51-20-17-39(27-45(51)80)65(97)63-75(106)88-61(76(107)108)43-30-41(92)31-49(94)57(43)42-25-37(15-18-48(42)93)59(72(103)90-63)87-73(104)60(40)86-71(102)47(32-56(81)95)85-74(105)62(89-70(101)46(82-6)24-35(2)3)64(96)38-16-19-50(110-52)44(79)26-38/h15-20,25-31,35-36,46-47,54-55,58-67,69,77,82-84,91-94,96-100H,7-14,21-24,32-34H2,1-6H3,(H2,81,95)(H,85,105)(H,86,102)(H,87,104)(H,88,106)(H,89,101)(H,90,103)(H,107,108)/t36-,46+,47?,54+,55+,58?,59?,60+,61-,62?,63-,64+,65+,66+,67+,69+,77-,78-/m0/s1. The van der Waals surface area contributed by atoms with Crippen molar-refractivity contribution < 1.29 is 113 Å². The SMILES string of the molecule is CCCCCCCCCCNCCN[C@@]1(C)C[C@H](C2[C@H](Oc3c4cc5cc3Oc3ccc(cc3Cl)[C@@H](O)[C@@H]3NC(=O)C(NC(=O)[C@@H]5NC(=O)C(CC(N)=O)NC(=O)C(NC(=O)[C@@H](CC(C)C)NC)[C@H](O)c5ccc(c(Cl)c5)O4)c4ccc(O)c(c4)-c4c(O)cc(O)cc4[C@@H](C(=O)O)NC3=O)O[C@H](CO)[C@@H](O)[C@@H]2O)O[C@@H](C)[C@H]1O. The van der Waals surface area contributed by atoms with Crippen molar-refractivity contribution in [3.63, 3.8) is 0 Å². The van der Waals surface area contributed by atoms with Gasteiger partial charge in [-0.15, -0.1) is 0 Å². The maximum absolute atomic E-state index is 16.2. The van der Waals surface area contributed by atoms with Gasteiger partial charge < -0.3 is 128 Å². The second kappa shape index (κ2) is 37.8. The Labute approximate surface area is 661 Å². The number of nitrogens with one attached hydrogen (secondary N) is 9. The second-order valence-corrected chi connectivity index (χ2v) is 30.7. The molecule has 5 aromatic carbocycles. The molecule has 7 aliphatic heterocycles. The van der Waals surface area contributed by atoms with E-state index in [-0.39, 0.29) is 52.0 Å². The molecular weight excluding hydrogens is 1520 g/mol. The fraction of sp³-hybridized carbons (Fsp3) is 0.513. The topological polar surface area (TPSA) is 519 Å². The highest BCUT2D eigenvalue weighted by Crippen LogP contribution is 2.51. The van der Waals surface area contributed by atoms with Crippen molar-refractivity contribution in [1.29, 1.82) is 0 Å². The number of phenolic OH excluding ortho intramolecular Hbond substituents is 3. The summed E-state index contributed by atoms with van der Waals surface area (Å²) in [5.41, 5.74) is 1.89. The number of aliphatic hydroxyl groups is 6. The predicted molar refractivity (Wildman–Crippen MR) is 407 cm³/mol. The van der Waals surface area contributed by atoms with Gasteiger partial charge in [0, 0.05) is 41.4 Å². The Morgan fingerprint density at radius 1 is 0.673 bits per heavy atom. The van der Waals surface area contributed by atoms with Gasteiger partial charge in [0.1, 0.15) is 83.4 Å². The number of nitrogens with two attached hydrogens (primary N) is 1. The van der Waals surface area contributed by atoms with E-state index in [1.807, 2.05) is 13.8 Å². The van der Waals surface area contributed by atoms with Gasteiger partial charge in [0.25, 0.3) is 0 Å². The zero-order chi connectivity index (χ0) is 82.0. The molecule has 7 aliphatic rings. The third-order valence-corrected chi connectivity index (χ3v) is 21.6. The highest BCUT2D eigenvalue weighted by atomic mass is 35.5. The molecule has 4 unspecified atom stereocenters. The minimum absolute atomic E-state index is 0.0923. The number of carbonyl (C=O) groups excluding carboxylic acids is 7. The number of aromatic hydroxyl groups is 3. The molecule has 614 valence electrons. The van der Waals surface area contributed by atoms with E-state index >= 15 is 14.4 Å². The van der Waals surface area contributed by atoms with Crippen molar-refractivity contribution in [1.82, 2.24) is 47.9 Å². The number of phenols is 3. The van der Waals surface area contributed by atoms with Crippen LogP contribution in [0.4, 0.5) is 0 Å². The Kier molecular flexibility index (Phi) is 28.9. The Morgan fingerprint density at radius 3 is 1.89 bits per heavy atom. The number of halogens is 2. The van der Waals surface area contributed by atoms with Crippen LogP contribution < -0.4 is 67.8 Å². The van der Waals surface area contributed by atoms with Crippen LogP contribution in [0, 0.1) is 11.8 Å². The van der Waals surface area contributed by atoms with Gasteiger partial charge in [0.2, 0.25) is 53.4 Å². The summed E-state index contributed by atoms with van der Waals surface area (Å²) in [5.74, 6) is -17.1. The number of unbranched alkanes of at least 4 members (excludes halogenated alkanes) is 7. The molecule has 0 spiro atoms. The molecule has 21 N–H and O–H groups in total. The zero-order valence-corrected chi connectivity index (χ0v) is 64.6. The fourth-order valence-electron chi connectivity index (χ4n) is 15.0. The summed E-state index contributed by atoms with van der Waals surface area (Å²) in [6, 6.07) is -0.201. The normalized spacial score (nSPS) is 27.6. The summed E-state index contributed by atoms with van der Waals surface area (Å²) in [7, 11) is 1.49. The average molecular weight is 1620 g/mol. The molecule has 11 bridgehead atoms. The average Bonchev–Trinajstić information content (AvgIpc) is 0.758. The Bertz CT molecular complexity index is 4310. The molecule has 7 amide bonds. The van der Waals surface area contributed by atoms with E-state index in [0.717, 1.165) is 80.4 Å². The number of aliphatic carboxylic acids is 1. The van der Waals surface area contributed by atoms with Crippen molar-refractivity contribution in [2.45, 2.75) is 208 Å². The lowest BCUT2D eigenvalue weighted by molar-refractivity contribution is -0.294. The molecule has 0 aromatic heterocycles. The lowest BCUT2D eigenvalue weighted by atomic mass is 9.76. The maximum Gasteiger partial charge on any atom is 0.330 e. The molecule has 0 saturated carbocycles. The van der Waals surface area contributed by atoms with Gasteiger partial charge >= 0.3 is 5.97 Å². The van der Waals surface area contributed by atoms with Crippen molar-refractivity contribution in [2.24, 2.45) is 17.6 Å². The number of primary amides is 1. The summed E-state index contributed by atoms with van der Waals surface area (Å²) in [6.45, 7) is 9.89. The first-order chi connectivity index (χ1) is 53.7. The van der Waals surface area contributed by atoms with Gasteiger partial charge in [-0.2, -0.15) is 0 Å². The number of fused-ring (bicyclic) bond motifs is 15. The van der Waals surface area contributed by atoms with Gasteiger partial charge in [-0.1, -0.05) is 107 Å². The first kappa shape index (κ1) is 86.2. The minimum atomic E-state index is -2.33. The number of hydrogen-bond acceptors (Lipinski definition) is 25. The van der Waals surface area contributed by atoms with Crippen molar-refractivity contribution in [2.75, 3.05) is 33.3 Å². The molecule has 0 aliphatic carbocycles. The van der Waals surface area contributed by atoms with Crippen molar-refractivity contribution in [3.8, 4) is 57.1 Å². The van der Waals surface area contributed by atoms with Gasteiger partial charge in [-0.3, -0.25) is 33.6 Å². The highest BCUT2D eigenvalue weighted by Gasteiger charge is 2.55. The van der Waals surface area contributed by atoms with Gasteiger partial charge in [-0.25, -0.2) is 4.79 Å². The minimum Gasteiger partial charge on any atom is -0.508 e. The Balaban J connectivity index is 1.17. The van der Waals surface area contributed by atoms with Crippen LogP contribution in [0.2, 0.25) is 10.0 Å². The van der Waals surface area contributed by atoms with E-state index in [4.69, 9.17) is 52.6 Å². The number of carboxylic acids is 1. The van der Waals surface area contributed by atoms with Crippen molar-refractivity contribution in [3.05, 3.63) is 117 Å². The zero-order valence-electron chi connectivity index (χ0n) is 63.1. The van der Waals surface area contributed by atoms with E-state index in [9.17, 15) is 75.0 Å². The van der Waals surface area contributed by atoms with Crippen LogP contribution in [0.15, 0.2) is 78.9 Å². The number of aliphatic hydroxyl groups excluding tert-OH is 6. The second-order valence-electron chi connectivity index (χ2n) is 29.9. The third kappa shape index (κ3) is 20.1. The molecule has 2 saturated heterocycles. The lowest BCUT2D eigenvalue weighted by Gasteiger charge is -2.51. The van der Waals surface area contributed by atoms with Crippen LogP contribution in [-0.4, -0.2) is 204 Å². The number of hydrogen-bond donors (Lipinski definition) is 20. The molecule has 7 heterocycles. The van der Waals surface area contributed by atoms with Gasteiger partial charge in [-0.05, 0) is 129 Å². The van der Waals surface area contributed by atoms with E-state index < -0.39 is 231 Å². The van der Waals surface area contributed by atoms with Crippen LogP contribution in [0.3, 0.4) is 0 Å². The predicted octanol–water partition coefficient (Wildman–Crippen LogP) is 3.74. The highest BCUT2D eigenvalue weighted by molar-refractivity contribution is 6.32. The van der Waals surface area contributed by atoms with E-state index in [1.54, 1.807) is 13.8 Å². The molecule has 33 nitrogen and oxygen atoms in total. The van der Waals surface area contributed by atoms with Crippen LogP contribution in [-0.2, 0) is 47.8 Å². The third-order valence-electron chi connectivity index (χ3n) is 21.1. The smallest absolute Gasteiger partial charge is 0.330 e. The van der Waals surface area contributed by atoms with Crippen LogP contribution >= 0.6 is 23.2 Å². The number of carbonyl (C=O) groups is 8. The first-order valence-corrected chi connectivity index (χ1v) is 38.5. The van der Waals surface area contributed by atoms with Gasteiger partial charge in [0.05, 0.1) is 59.4 Å². The quantitative estimate of drug-likeness (QED) is 0.0370. The molecule has 5 aromatic rings. The lowest BCUT2D eigenvalue weighted by Crippen LogP contribution is -2.67. The maximum atomic E-state index is 16.2. The Morgan fingerprint density at radius 2 is 1.28 bits per heavy atom. The number of likely N-dealkylation sites (N-methyl/N-ethyl adjacent to an activating group) is 1. The summed E-state index contributed by atoms with van der Waals surface area (Å²) in [5, 5.41) is 141. The summed E-state index contributed by atoms with van der Waals surface area (Å²) < 4.78 is 33.5. The largest absolute Gasteiger partial charge is 0.508 e. The summed E-state index contributed by atoms with van der Waals surface area (Å²) >= 11 is 14.3. The molecule has 18 atom stereocenters. The first-order valence-electron chi connectivity index (χ1n) is 37.7. The van der Waals surface area contributed by atoms with E-state index in [0.29, 0.717) is 13.1 Å². The number of ether oxygens (including phenoxy) is 5. The Hall–Kier alpha value is -9.20. The fourth-order valence-corrected chi connectivity index (χ4v) is 15.4. The number of amides is 7. The number of rotatable bonds is 25. The van der Waals surface area contributed by atoms with Crippen LogP contribution in [0.1, 0.15) is 163 Å². The number of benzene rings is 5. The molecule has 35 heteroatoms. The van der Waals surface area contributed by atoms with E-state index in [2.05, 4.69) is 54.8 Å². The monoisotopic (exact) mass is 1610 g/mol. The summed E-state index contributed by atoms with van der Waals surface area (Å²) in [6.07, 6.45) is -6.69. The molecule has 2 fully saturated rings. The van der Waals surface area contributed by atoms with Crippen LogP contribution in [0.25, 0.3) is 11.1 Å².